The molecule has 0 amide bonds. The molecule has 0 spiro atoms. The predicted octanol–water partition coefficient (Wildman–Crippen LogP) is 2.26. The van der Waals surface area contributed by atoms with Crippen LogP contribution < -0.4 is 0 Å². The van der Waals surface area contributed by atoms with E-state index in [2.05, 4.69) is 4.98 Å². The number of alkyl halides is 3. The molecule has 0 atom stereocenters. The summed E-state index contributed by atoms with van der Waals surface area (Å²) in [5.74, 6) is -1.44. The van der Waals surface area contributed by atoms with Crippen molar-refractivity contribution in [3.05, 3.63) is 28.6 Å². The third kappa shape index (κ3) is 3.11. The van der Waals surface area contributed by atoms with Crippen LogP contribution in [0.15, 0.2) is 6.07 Å². The predicted molar refractivity (Wildman–Crippen MR) is 54.8 cm³/mol. The molecule has 0 aliphatic rings. The fourth-order valence-corrected chi connectivity index (χ4v) is 1.52. The standard InChI is InChI=1S/C10H7ClF2N2O2/c11-3-8-6(4-14)5(2-9(16)17)1-7(15-8)10(12)13/h1,10H,2-3H2,(H,16,17). The molecular formula is C10H7ClF2N2O2. The molecule has 1 aromatic rings. The highest BCUT2D eigenvalue weighted by atomic mass is 35.5. The number of hydrogen-bond donors (Lipinski definition) is 1. The third-order valence-electron chi connectivity index (χ3n) is 2.00. The van der Waals surface area contributed by atoms with Gasteiger partial charge in [-0.05, 0) is 11.6 Å². The molecular weight excluding hydrogens is 254 g/mol. The Bertz CT molecular complexity index is 486. The fraction of sp³-hybridized carbons (Fsp3) is 0.300. The topological polar surface area (TPSA) is 74.0 Å². The second-order valence-electron chi connectivity index (χ2n) is 3.14. The molecule has 4 nitrogen and oxygen atoms in total. The molecule has 0 saturated heterocycles. The molecule has 1 N–H and O–H groups in total. The van der Waals surface area contributed by atoms with Gasteiger partial charge in [0, 0.05) is 0 Å². The summed E-state index contributed by atoms with van der Waals surface area (Å²) in [6.07, 6.45) is -3.35. The minimum atomic E-state index is -2.84. The van der Waals surface area contributed by atoms with Gasteiger partial charge in [0.15, 0.2) is 0 Å². The maximum absolute atomic E-state index is 12.5. The van der Waals surface area contributed by atoms with E-state index >= 15 is 0 Å². The molecule has 0 aliphatic carbocycles. The number of halogens is 3. The van der Waals surface area contributed by atoms with Crippen LogP contribution in [-0.4, -0.2) is 16.1 Å². The lowest BCUT2D eigenvalue weighted by atomic mass is 10.0. The van der Waals surface area contributed by atoms with E-state index in [0.29, 0.717) is 0 Å². The Labute approximate surface area is 100 Å². The Morgan fingerprint density at radius 1 is 1.65 bits per heavy atom. The van der Waals surface area contributed by atoms with Gasteiger partial charge >= 0.3 is 5.97 Å². The Morgan fingerprint density at radius 2 is 2.29 bits per heavy atom. The third-order valence-corrected chi connectivity index (χ3v) is 2.25. The Balaban J connectivity index is 3.38. The van der Waals surface area contributed by atoms with E-state index in [-0.39, 0.29) is 22.7 Å². The number of hydrogen-bond acceptors (Lipinski definition) is 3. The van der Waals surface area contributed by atoms with E-state index in [1.54, 1.807) is 6.07 Å². The van der Waals surface area contributed by atoms with Crippen molar-refractivity contribution < 1.29 is 18.7 Å². The molecule has 1 heterocycles. The molecule has 0 radical (unpaired) electrons. The second-order valence-corrected chi connectivity index (χ2v) is 3.41. The van der Waals surface area contributed by atoms with Gasteiger partial charge in [0.25, 0.3) is 6.43 Å². The van der Waals surface area contributed by atoms with E-state index in [0.717, 1.165) is 6.07 Å². The van der Waals surface area contributed by atoms with E-state index in [1.165, 1.54) is 0 Å². The van der Waals surface area contributed by atoms with Gasteiger partial charge in [0.05, 0.1) is 23.6 Å². The fourth-order valence-electron chi connectivity index (χ4n) is 1.33. The van der Waals surface area contributed by atoms with Gasteiger partial charge in [-0.25, -0.2) is 13.8 Å². The van der Waals surface area contributed by atoms with Crippen LogP contribution in [0.5, 0.6) is 0 Å². The number of nitriles is 1. The van der Waals surface area contributed by atoms with Gasteiger partial charge in [-0.2, -0.15) is 5.26 Å². The summed E-state index contributed by atoms with van der Waals surface area (Å²) < 4.78 is 25.0. The maximum Gasteiger partial charge on any atom is 0.307 e. The van der Waals surface area contributed by atoms with Gasteiger partial charge in [0.1, 0.15) is 11.8 Å². The number of aliphatic carboxylic acids is 1. The van der Waals surface area contributed by atoms with Crippen LogP contribution in [0.25, 0.3) is 0 Å². The zero-order valence-electron chi connectivity index (χ0n) is 8.45. The molecule has 1 rings (SSSR count). The number of carbonyl (C=O) groups is 1. The van der Waals surface area contributed by atoms with Crippen molar-refractivity contribution in [3.63, 3.8) is 0 Å². The first-order valence-electron chi connectivity index (χ1n) is 4.48. The molecule has 0 bridgehead atoms. The monoisotopic (exact) mass is 260 g/mol. The average Bonchev–Trinajstić information content (AvgIpc) is 2.26. The summed E-state index contributed by atoms with van der Waals surface area (Å²) >= 11 is 5.49. The highest BCUT2D eigenvalue weighted by Gasteiger charge is 2.18. The largest absolute Gasteiger partial charge is 0.481 e. The van der Waals surface area contributed by atoms with Crippen molar-refractivity contribution in [2.75, 3.05) is 0 Å². The highest BCUT2D eigenvalue weighted by molar-refractivity contribution is 6.17. The van der Waals surface area contributed by atoms with Crippen LogP contribution in [0.3, 0.4) is 0 Å². The van der Waals surface area contributed by atoms with Crippen LogP contribution >= 0.6 is 11.6 Å². The lowest BCUT2D eigenvalue weighted by molar-refractivity contribution is -0.136. The number of rotatable bonds is 4. The summed E-state index contributed by atoms with van der Waals surface area (Å²) in [5.41, 5.74) is -0.646. The van der Waals surface area contributed by atoms with Crippen molar-refractivity contribution in [2.24, 2.45) is 0 Å². The number of aromatic nitrogens is 1. The summed E-state index contributed by atoms with van der Waals surface area (Å²) in [4.78, 5) is 14.1. The molecule has 0 unspecified atom stereocenters. The zero-order chi connectivity index (χ0) is 13.0. The van der Waals surface area contributed by atoms with Crippen molar-refractivity contribution >= 4 is 17.6 Å². The first-order chi connectivity index (χ1) is 7.99. The quantitative estimate of drug-likeness (QED) is 0.843. The maximum atomic E-state index is 12.5. The van der Waals surface area contributed by atoms with Gasteiger partial charge in [-0.3, -0.25) is 4.79 Å². The van der Waals surface area contributed by atoms with Crippen molar-refractivity contribution in [3.8, 4) is 6.07 Å². The van der Waals surface area contributed by atoms with Crippen LogP contribution in [0.1, 0.15) is 28.9 Å². The molecule has 0 aliphatic heterocycles. The normalized spacial score (nSPS) is 10.3. The average molecular weight is 261 g/mol. The lowest BCUT2D eigenvalue weighted by Crippen LogP contribution is -2.08. The molecule has 1 aromatic heterocycles. The Kier molecular flexibility index (Phi) is 4.35. The van der Waals surface area contributed by atoms with Crippen LogP contribution in [0.4, 0.5) is 8.78 Å². The number of carboxylic acids is 1. The van der Waals surface area contributed by atoms with Crippen LogP contribution in [0.2, 0.25) is 0 Å². The van der Waals surface area contributed by atoms with Gasteiger partial charge < -0.3 is 5.11 Å². The van der Waals surface area contributed by atoms with E-state index in [4.69, 9.17) is 22.0 Å². The summed E-state index contributed by atoms with van der Waals surface area (Å²) in [6, 6.07) is 2.66. The number of nitrogens with zero attached hydrogens (tertiary/aromatic N) is 2. The number of carboxylic acid groups (broad SMARTS) is 1. The van der Waals surface area contributed by atoms with Crippen LogP contribution in [0, 0.1) is 11.3 Å². The van der Waals surface area contributed by atoms with E-state index < -0.39 is 24.5 Å². The Hall–Kier alpha value is -1.74. The molecule has 0 saturated carbocycles. The molecule has 7 heteroatoms. The van der Waals surface area contributed by atoms with E-state index in [9.17, 15) is 13.6 Å². The van der Waals surface area contributed by atoms with E-state index in [1.807, 2.05) is 0 Å². The van der Waals surface area contributed by atoms with Gasteiger partial charge in [-0.1, -0.05) is 0 Å². The SMILES string of the molecule is N#Cc1c(CC(=O)O)cc(C(F)F)nc1CCl. The minimum Gasteiger partial charge on any atom is -0.481 e. The van der Waals surface area contributed by atoms with Crippen molar-refractivity contribution in [2.45, 2.75) is 18.7 Å². The molecule has 17 heavy (non-hydrogen) atoms. The summed E-state index contributed by atoms with van der Waals surface area (Å²) in [5, 5.41) is 17.5. The highest BCUT2D eigenvalue weighted by Crippen LogP contribution is 2.23. The summed E-state index contributed by atoms with van der Waals surface area (Å²) in [7, 11) is 0. The second kappa shape index (κ2) is 5.55. The first kappa shape index (κ1) is 13.3. The van der Waals surface area contributed by atoms with Gasteiger partial charge in [-0.15, -0.1) is 11.6 Å². The first-order valence-corrected chi connectivity index (χ1v) is 5.01. The van der Waals surface area contributed by atoms with Crippen LogP contribution in [-0.2, 0) is 17.1 Å². The minimum absolute atomic E-state index is 0.000880. The number of pyridine rings is 1. The lowest BCUT2D eigenvalue weighted by Gasteiger charge is -2.08. The van der Waals surface area contributed by atoms with Gasteiger partial charge in [0.2, 0.25) is 0 Å². The Morgan fingerprint density at radius 3 is 2.71 bits per heavy atom. The zero-order valence-corrected chi connectivity index (χ0v) is 9.21. The molecule has 0 fully saturated rings. The molecule has 0 aromatic carbocycles. The van der Waals surface area contributed by atoms with Crippen molar-refractivity contribution in [1.82, 2.24) is 4.98 Å². The smallest absolute Gasteiger partial charge is 0.307 e. The molecule has 90 valence electrons. The summed E-state index contributed by atoms with van der Waals surface area (Å²) in [6.45, 7) is 0. The van der Waals surface area contributed by atoms with Crippen molar-refractivity contribution in [1.29, 1.82) is 5.26 Å².